The van der Waals surface area contributed by atoms with Gasteiger partial charge in [0, 0.05) is 11.8 Å². The highest BCUT2D eigenvalue weighted by molar-refractivity contribution is 5.88. The standard InChI is InChI=1S/C14H10FN3O/c15-11-6-4-10(5-7-11)14-17-12(9-16-19)13-3-1-2-8-18(13)14/h1-9,19H/b16-9+. The van der Waals surface area contributed by atoms with Gasteiger partial charge in [-0.3, -0.25) is 4.40 Å². The van der Waals surface area contributed by atoms with Crippen molar-refractivity contribution in [2.75, 3.05) is 0 Å². The molecule has 0 atom stereocenters. The number of pyridine rings is 1. The molecule has 19 heavy (non-hydrogen) atoms. The molecule has 0 fully saturated rings. The minimum Gasteiger partial charge on any atom is -0.411 e. The Kier molecular flexibility index (Phi) is 2.72. The molecule has 0 aliphatic heterocycles. The van der Waals surface area contributed by atoms with Crippen LogP contribution in [0.25, 0.3) is 16.9 Å². The molecule has 3 rings (SSSR count). The van der Waals surface area contributed by atoms with E-state index in [-0.39, 0.29) is 5.82 Å². The van der Waals surface area contributed by atoms with E-state index in [9.17, 15) is 4.39 Å². The zero-order chi connectivity index (χ0) is 13.2. The summed E-state index contributed by atoms with van der Waals surface area (Å²) in [4.78, 5) is 4.41. The highest BCUT2D eigenvalue weighted by Crippen LogP contribution is 2.22. The van der Waals surface area contributed by atoms with Crippen molar-refractivity contribution in [3.05, 3.63) is 60.2 Å². The molecule has 0 aliphatic carbocycles. The summed E-state index contributed by atoms with van der Waals surface area (Å²) in [6.07, 6.45) is 3.14. The summed E-state index contributed by atoms with van der Waals surface area (Å²) in [6.45, 7) is 0. The number of aromatic nitrogens is 2. The molecule has 0 saturated carbocycles. The molecule has 1 aromatic carbocycles. The van der Waals surface area contributed by atoms with Gasteiger partial charge in [0.2, 0.25) is 0 Å². The van der Waals surface area contributed by atoms with Crippen LogP contribution in [0.3, 0.4) is 0 Å². The molecular weight excluding hydrogens is 245 g/mol. The lowest BCUT2D eigenvalue weighted by Crippen LogP contribution is -1.88. The summed E-state index contributed by atoms with van der Waals surface area (Å²) in [5.74, 6) is 0.382. The fraction of sp³-hybridized carbons (Fsp3) is 0. The van der Waals surface area contributed by atoms with Crippen LogP contribution in [0.1, 0.15) is 5.69 Å². The highest BCUT2D eigenvalue weighted by Gasteiger charge is 2.10. The first-order chi connectivity index (χ1) is 9.29. The van der Waals surface area contributed by atoms with Gasteiger partial charge in [-0.2, -0.15) is 0 Å². The number of benzene rings is 1. The Hall–Kier alpha value is -2.69. The van der Waals surface area contributed by atoms with Crippen LogP contribution in [0.15, 0.2) is 53.8 Å². The van der Waals surface area contributed by atoms with E-state index in [1.807, 2.05) is 28.8 Å². The second-order valence-corrected chi connectivity index (χ2v) is 4.03. The van der Waals surface area contributed by atoms with E-state index in [0.717, 1.165) is 11.1 Å². The molecule has 3 aromatic rings. The first-order valence-corrected chi connectivity index (χ1v) is 5.70. The third-order valence-corrected chi connectivity index (χ3v) is 2.86. The van der Waals surface area contributed by atoms with Crippen molar-refractivity contribution in [1.82, 2.24) is 9.38 Å². The average Bonchev–Trinajstić information content (AvgIpc) is 2.80. The van der Waals surface area contributed by atoms with Crippen LogP contribution in [0.5, 0.6) is 0 Å². The van der Waals surface area contributed by atoms with Gasteiger partial charge in [-0.05, 0) is 36.4 Å². The zero-order valence-corrected chi connectivity index (χ0v) is 9.86. The van der Waals surface area contributed by atoms with Gasteiger partial charge in [-0.25, -0.2) is 9.37 Å². The quantitative estimate of drug-likeness (QED) is 0.435. The molecule has 94 valence electrons. The Morgan fingerprint density at radius 1 is 1.16 bits per heavy atom. The van der Waals surface area contributed by atoms with Gasteiger partial charge in [0.05, 0.1) is 11.7 Å². The van der Waals surface area contributed by atoms with Crippen LogP contribution < -0.4 is 0 Å². The van der Waals surface area contributed by atoms with Crippen LogP contribution >= 0.6 is 0 Å². The van der Waals surface area contributed by atoms with E-state index in [4.69, 9.17) is 5.21 Å². The Morgan fingerprint density at radius 3 is 2.68 bits per heavy atom. The third kappa shape index (κ3) is 1.95. The lowest BCUT2D eigenvalue weighted by molar-refractivity contribution is 0.322. The number of imidazole rings is 1. The van der Waals surface area contributed by atoms with Crippen molar-refractivity contribution in [2.24, 2.45) is 5.16 Å². The summed E-state index contributed by atoms with van der Waals surface area (Å²) >= 11 is 0. The Bertz CT molecular complexity index is 747. The zero-order valence-electron chi connectivity index (χ0n) is 9.86. The summed E-state index contributed by atoms with van der Waals surface area (Å²) in [6, 6.07) is 11.7. The molecule has 0 aliphatic rings. The summed E-state index contributed by atoms with van der Waals surface area (Å²) in [5.41, 5.74) is 2.17. The predicted molar refractivity (Wildman–Crippen MR) is 70.0 cm³/mol. The van der Waals surface area contributed by atoms with Crippen molar-refractivity contribution >= 4 is 11.7 Å². The van der Waals surface area contributed by atoms with E-state index in [1.54, 1.807) is 12.1 Å². The lowest BCUT2D eigenvalue weighted by atomic mass is 10.2. The first kappa shape index (κ1) is 11.4. The van der Waals surface area contributed by atoms with E-state index in [1.165, 1.54) is 18.3 Å². The van der Waals surface area contributed by atoms with E-state index in [0.29, 0.717) is 11.5 Å². The van der Waals surface area contributed by atoms with Gasteiger partial charge in [0.25, 0.3) is 0 Å². The Labute approximate surface area is 108 Å². The van der Waals surface area contributed by atoms with Gasteiger partial charge < -0.3 is 5.21 Å². The molecule has 0 unspecified atom stereocenters. The average molecular weight is 255 g/mol. The number of nitrogens with zero attached hydrogens (tertiary/aromatic N) is 3. The number of rotatable bonds is 2. The highest BCUT2D eigenvalue weighted by atomic mass is 19.1. The number of hydrogen-bond acceptors (Lipinski definition) is 3. The minimum atomic E-state index is -0.290. The van der Waals surface area contributed by atoms with Gasteiger partial charge in [0.1, 0.15) is 17.3 Å². The fourth-order valence-corrected chi connectivity index (χ4v) is 2.01. The Balaban J connectivity index is 2.26. The summed E-state index contributed by atoms with van der Waals surface area (Å²) in [7, 11) is 0. The monoisotopic (exact) mass is 255 g/mol. The van der Waals surface area contributed by atoms with Gasteiger partial charge >= 0.3 is 0 Å². The van der Waals surface area contributed by atoms with Gasteiger partial charge in [-0.15, -0.1) is 0 Å². The number of oxime groups is 1. The van der Waals surface area contributed by atoms with Crippen LogP contribution in [-0.2, 0) is 0 Å². The second kappa shape index (κ2) is 4.53. The molecule has 1 N–H and O–H groups in total. The second-order valence-electron chi connectivity index (χ2n) is 4.03. The summed E-state index contributed by atoms with van der Waals surface area (Å²) in [5, 5.41) is 11.7. The maximum absolute atomic E-state index is 13.0. The molecule has 0 spiro atoms. The molecule has 5 heteroatoms. The molecule has 4 nitrogen and oxygen atoms in total. The van der Waals surface area contributed by atoms with Crippen molar-refractivity contribution in [3.8, 4) is 11.4 Å². The van der Waals surface area contributed by atoms with Gasteiger partial charge in [0.15, 0.2) is 0 Å². The van der Waals surface area contributed by atoms with Crippen molar-refractivity contribution in [1.29, 1.82) is 0 Å². The lowest BCUT2D eigenvalue weighted by Gasteiger charge is -2.00. The Morgan fingerprint density at radius 2 is 1.95 bits per heavy atom. The van der Waals surface area contributed by atoms with Crippen LogP contribution in [0.2, 0.25) is 0 Å². The van der Waals surface area contributed by atoms with Crippen molar-refractivity contribution in [2.45, 2.75) is 0 Å². The van der Waals surface area contributed by atoms with E-state index in [2.05, 4.69) is 10.1 Å². The largest absolute Gasteiger partial charge is 0.411 e. The number of halogens is 1. The SMILES string of the molecule is O/N=C/c1nc(-c2ccc(F)cc2)n2ccccc12. The molecule has 2 heterocycles. The van der Waals surface area contributed by atoms with Crippen LogP contribution in [0, 0.1) is 5.82 Å². The fourth-order valence-electron chi connectivity index (χ4n) is 2.01. The number of hydrogen-bond donors (Lipinski definition) is 1. The predicted octanol–water partition coefficient (Wildman–Crippen LogP) is 2.95. The normalized spacial score (nSPS) is 11.4. The molecule has 0 bridgehead atoms. The topological polar surface area (TPSA) is 49.9 Å². The van der Waals surface area contributed by atoms with Crippen LogP contribution in [0.4, 0.5) is 4.39 Å². The molecule has 2 aromatic heterocycles. The maximum Gasteiger partial charge on any atom is 0.145 e. The van der Waals surface area contributed by atoms with Crippen LogP contribution in [-0.4, -0.2) is 20.8 Å². The molecular formula is C14H10FN3O. The first-order valence-electron chi connectivity index (χ1n) is 5.70. The molecule has 0 saturated heterocycles. The minimum absolute atomic E-state index is 0.290. The molecule has 0 radical (unpaired) electrons. The third-order valence-electron chi connectivity index (χ3n) is 2.86. The smallest absolute Gasteiger partial charge is 0.145 e. The van der Waals surface area contributed by atoms with Gasteiger partial charge in [-0.1, -0.05) is 11.2 Å². The van der Waals surface area contributed by atoms with E-state index >= 15 is 0 Å². The van der Waals surface area contributed by atoms with Crippen molar-refractivity contribution < 1.29 is 9.60 Å². The maximum atomic E-state index is 13.0. The van der Waals surface area contributed by atoms with Crippen molar-refractivity contribution in [3.63, 3.8) is 0 Å². The molecule has 0 amide bonds. The summed E-state index contributed by atoms with van der Waals surface area (Å²) < 4.78 is 14.8. The number of fused-ring (bicyclic) bond motifs is 1. The van der Waals surface area contributed by atoms with E-state index < -0.39 is 0 Å².